The molecular weight excluding hydrogens is 469 g/mol. The molecule has 172 valence electrons. The van der Waals surface area contributed by atoms with Crippen molar-refractivity contribution >= 4 is 39.4 Å². The molecule has 7 nitrogen and oxygen atoms in total. The third kappa shape index (κ3) is 5.88. The number of carbonyl (C=O) groups is 1. The smallest absolute Gasteiger partial charge is 0.264 e. The summed E-state index contributed by atoms with van der Waals surface area (Å²) in [5.74, 6) is -0.810. The van der Waals surface area contributed by atoms with E-state index in [1.165, 1.54) is 49.6 Å². The molecular formula is C23H21ClFN3O4S. The molecule has 0 radical (unpaired) electrons. The van der Waals surface area contributed by atoms with Crippen LogP contribution >= 0.6 is 11.6 Å². The SMILES string of the molecule is COc1ccc(N(CC(=O)N/N=C/c2c(F)cccc2Cl)S(=O)(=O)c2ccc(C)cc2)cc1. The van der Waals surface area contributed by atoms with Crippen molar-refractivity contribution < 1.29 is 22.3 Å². The van der Waals surface area contributed by atoms with Crippen LogP contribution in [0.3, 0.4) is 0 Å². The molecule has 0 aromatic heterocycles. The number of halogens is 2. The van der Waals surface area contributed by atoms with Gasteiger partial charge in [-0.3, -0.25) is 9.10 Å². The first-order chi connectivity index (χ1) is 15.7. The van der Waals surface area contributed by atoms with Gasteiger partial charge < -0.3 is 4.74 Å². The van der Waals surface area contributed by atoms with Crippen LogP contribution in [-0.4, -0.2) is 34.2 Å². The third-order valence-electron chi connectivity index (χ3n) is 4.64. The summed E-state index contributed by atoms with van der Waals surface area (Å²) < 4.78 is 46.6. The van der Waals surface area contributed by atoms with Gasteiger partial charge in [-0.25, -0.2) is 18.2 Å². The molecule has 0 heterocycles. The van der Waals surface area contributed by atoms with Crippen LogP contribution in [0.5, 0.6) is 5.75 Å². The highest BCUT2D eigenvalue weighted by atomic mass is 35.5. The van der Waals surface area contributed by atoms with Gasteiger partial charge in [0.1, 0.15) is 18.1 Å². The van der Waals surface area contributed by atoms with Crippen LogP contribution < -0.4 is 14.5 Å². The van der Waals surface area contributed by atoms with E-state index < -0.39 is 28.3 Å². The Morgan fingerprint density at radius 1 is 1.12 bits per heavy atom. The monoisotopic (exact) mass is 489 g/mol. The molecule has 3 aromatic carbocycles. The number of amides is 1. The van der Waals surface area contributed by atoms with Crippen molar-refractivity contribution in [3.05, 3.63) is 88.7 Å². The van der Waals surface area contributed by atoms with Crippen LogP contribution in [-0.2, 0) is 14.8 Å². The molecule has 1 N–H and O–H groups in total. The lowest BCUT2D eigenvalue weighted by Gasteiger charge is -2.24. The summed E-state index contributed by atoms with van der Waals surface area (Å²) in [5.41, 5.74) is 3.36. The molecule has 0 aliphatic rings. The summed E-state index contributed by atoms with van der Waals surface area (Å²) in [4.78, 5) is 12.6. The largest absolute Gasteiger partial charge is 0.497 e. The molecule has 33 heavy (non-hydrogen) atoms. The Morgan fingerprint density at radius 3 is 2.39 bits per heavy atom. The molecule has 0 saturated heterocycles. The molecule has 0 atom stereocenters. The van der Waals surface area contributed by atoms with Crippen LogP contribution in [0.25, 0.3) is 0 Å². The van der Waals surface area contributed by atoms with Crippen LogP contribution in [0.2, 0.25) is 5.02 Å². The van der Waals surface area contributed by atoms with E-state index in [0.29, 0.717) is 5.75 Å². The Morgan fingerprint density at radius 2 is 1.79 bits per heavy atom. The zero-order chi connectivity index (χ0) is 24.0. The highest BCUT2D eigenvalue weighted by molar-refractivity contribution is 7.92. The van der Waals surface area contributed by atoms with E-state index in [0.717, 1.165) is 16.1 Å². The Bertz CT molecular complexity index is 1240. The van der Waals surface area contributed by atoms with Gasteiger partial charge in [0.25, 0.3) is 15.9 Å². The quantitative estimate of drug-likeness (QED) is 0.380. The zero-order valence-corrected chi connectivity index (χ0v) is 19.4. The van der Waals surface area contributed by atoms with Crippen LogP contribution in [0, 0.1) is 12.7 Å². The predicted molar refractivity (Wildman–Crippen MR) is 126 cm³/mol. The fraction of sp³-hybridized carbons (Fsp3) is 0.130. The zero-order valence-electron chi connectivity index (χ0n) is 17.8. The standard InChI is InChI=1S/C23H21ClFN3O4S/c1-16-6-12-19(13-7-16)33(30,31)28(17-8-10-18(32-2)11-9-17)15-23(29)27-26-14-20-21(24)4-3-5-22(20)25/h3-14H,15H2,1-2H3,(H,27,29)/b26-14+. The van der Waals surface area contributed by atoms with E-state index >= 15 is 0 Å². The van der Waals surface area contributed by atoms with E-state index in [2.05, 4.69) is 10.5 Å². The fourth-order valence-corrected chi connectivity index (χ4v) is 4.50. The van der Waals surface area contributed by atoms with Crippen molar-refractivity contribution in [2.75, 3.05) is 18.0 Å². The topological polar surface area (TPSA) is 88.1 Å². The van der Waals surface area contributed by atoms with Gasteiger partial charge in [0.2, 0.25) is 0 Å². The highest BCUT2D eigenvalue weighted by Gasteiger charge is 2.27. The lowest BCUT2D eigenvalue weighted by atomic mass is 10.2. The van der Waals surface area contributed by atoms with Gasteiger partial charge in [-0.2, -0.15) is 5.10 Å². The van der Waals surface area contributed by atoms with Gasteiger partial charge >= 0.3 is 0 Å². The summed E-state index contributed by atoms with van der Waals surface area (Å²) in [6, 6.07) is 16.6. The Kier molecular flexibility index (Phi) is 7.67. The van der Waals surface area contributed by atoms with Crippen molar-refractivity contribution in [3.8, 4) is 5.75 Å². The molecule has 0 spiro atoms. The number of nitrogens with one attached hydrogen (secondary N) is 1. The number of hydrogen-bond acceptors (Lipinski definition) is 5. The molecule has 3 rings (SSSR count). The number of hydrazone groups is 1. The predicted octanol–water partition coefficient (Wildman–Crippen LogP) is 4.14. The van der Waals surface area contributed by atoms with E-state index in [1.54, 1.807) is 24.3 Å². The summed E-state index contributed by atoms with van der Waals surface area (Å²) in [6.45, 7) is 1.27. The van der Waals surface area contributed by atoms with Gasteiger partial charge in [-0.15, -0.1) is 0 Å². The van der Waals surface area contributed by atoms with Crippen LogP contribution in [0.15, 0.2) is 76.7 Å². The second kappa shape index (κ2) is 10.5. The van der Waals surface area contributed by atoms with Gasteiger partial charge in [-0.1, -0.05) is 35.4 Å². The number of rotatable bonds is 8. The average Bonchev–Trinajstić information content (AvgIpc) is 2.80. The number of ether oxygens (including phenoxy) is 1. The number of sulfonamides is 1. The molecule has 0 fully saturated rings. The number of methoxy groups -OCH3 is 1. The van der Waals surface area contributed by atoms with E-state index in [4.69, 9.17) is 16.3 Å². The maximum atomic E-state index is 13.9. The van der Waals surface area contributed by atoms with Gasteiger partial charge in [0.05, 0.1) is 28.9 Å². The Balaban J connectivity index is 1.86. The first-order valence-electron chi connectivity index (χ1n) is 9.72. The van der Waals surface area contributed by atoms with Crippen molar-refractivity contribution in [1.29, 1.82) is 0 Å². The molecule has 1 amide bonds. The molecule has 0 unspecified atom stereocenters. The van der Waals surface area contributed by atoms with E-state index in [9.17, 15) is 17.6 Å². The van der Waals surface area contributed by atoms with Crippen molar-refractivity contribution in [1.82, 2.24) is 5.43 Å². The number of anilines is 1. The maximum Gasteiger partial charge on any atom is 0.264 e. The van der Waals surface area contributed by atoms with Crippen molar-refractivity contribution in [3.63, 3.8) is 0 Å². The number of carbonyl (C=O) groups excluding carboxylic acids is 1. The first kappa shape index (κ1) is 24.2. The molecule has 3 aromatic rings. The van der Waals surface area contributed by atoms with E-state index in [-0.39, 0.29) is 21.2 Å². The number of hydrogen-bond donors (Lipinski definition) is 1. The molecule has 0 aliphatic carbocycles. The number of nitrogens with zero attached hydrogens (tertiary/aromatic N) is 2. The minimum Gasteiger partial charge on any atom is -0.497 e. The van der Waals surface area contributed by atoms with Gasteiger partial charge in [-0.05, 0) is 55.5 Å². The van der Waals surface area contributed by atoms with Crippen molar-refractivity contribution in [2.45, 2.75) is 11.8 Å². The minimum atomic E-state index is -4.08. The molecule has 0 saturated carbocycles. The molecule has 0 bridgehead atoms. The van der Waals surface area contributed by atoms with Crippen LogP contribution in [0.4, 0.5) is 10.1 Å². The van der Waals surface area contributed by atoms with E-state index in [1.807, 2.05) is 6.92 Å². The van der Waals surface area contributed by atoms with Gasteiger partial charge in [0, 0.05) is 5.56 Å². The lowest BCUT2D eigenvalue weighted by molar-refractivity contribution is -0.119. The number of benzene rings is 3. The number of aryl methyl sites for hydroxylation is 1. The molecule has 0 aliphatic heterocycles. The van der Waals surface area contributed by atoms with Gasteiger partial charge in [0.15, 0.2) is 0 Å². The summed E-state index contributed by atoms with van der Waals surface area (Å²) in [7, 11) is -2.59. The minimum absolute atomic E-state index is 0.00115. The first-order valence-corrected chi connectivity index (χ1v) is 11.5. The Hall–Kier alpha value is -3.43. The van der Waals surface area contributed by atoms with Crippen LogP contribution in [0.1, 0.15) is 11.1 Å². The highest BCUT2D eigenvalue weighted by Crippen LogP contribution is 2.26. The summed E-state index contributed by atoms with van der Waals surface area (Å²) in [6.07, 6.45) is 1.06. The second-order valence-corrected chi connectivity index (χ2v) is 9.22. The normalized spacial score (nSPS) is 11.4. The Labute approximate surface area is 196 Å². The maximum absolute atomic E-state index is 13.9. The fourth-order valence-electron chi connectivity index (χ4n) is 2.87. The lowest BCUT2D eigenvalue weighted by Crippen LogP contribution is -2.39. The second-order valence-electron chi connectivity index (χ2n) is 6.95. The summed E-state index contributed by atoms with van der Waals surface area (Å²) >= 11 is 5.93. The van der Waals surface area contributed by atoms with Crippen molar-refractivity contribution in [2.24, 2.45) is 5.10 Å². The third-order valence-corrected chi connectivity index (χ3v) is 6.76. The molecule has 10 heteroatoms. The summed E-state index contributed by atoms with van der Waals surface area (Å²) in [5, 5.41) is 3.83. The average molecular weight is 490 g/mol.